The first-order chi connectivity index (χ1) is 6.63. The molecule has 0 heterocycles. The van der Waals surface area contributed by atoms with E-state index in [0.717, 1.165) is 5.75 Å². The lowest BCUT2D eigenvalue weighted by molar-refractivity contribution is 0.0138. The molecule has 0 spiro atoms. The van der Waals surface area contributed by atoms with E-state index in [-0.39, 0.29) is 0 Å². The molecule has 0 saturated heterocycles. The van der Waals surface area contributed by atoms with E-state index in [2.05, 4.69) is 0 Å². The highest BCUT2D eigenvalue weighted by atomic mass is 32.2. The normalized spacial score (nSPS) is 12.9. The topological polar surface area (TPSA) is 38.8 Å². The van der Waals surface area contributed by atoms with Gasteiger partial charge in [0.15, 0.2) is 0 Å². The highest BCUT2D eigenvalue weighted by Crippen LogP contribution is 2.14. The number of hydrogen-bond donors (Lipinski definition) is 0. The van der Waals surface area contributed by atoms with Crippen LogP contribution in [0.2, 0.25) is 0 Å². The van der Waals surface area contributed by atoms with Gasteiger partial charge in [0, 0.05) is 14.1 Å². The Bertz CT molecular complexity index is 310. The van der Waals surface area contributed by atoms with Crippen molar-refractivity contribution in [3.8, 4) is 5.75 Å². The van der Waals surface area contributed by atoms with E-state index in [9.17, 15) is 4.21 Å². The van der Waals surface area contributed by atoms with Crippen molar-refractivity contribution >= 4 is 11.1 Å². The summed E-state index contributed by atoms with van der Waals surface area (Å²) in [5, 5.41) is 1.40. The zero-order valence-electron chi connectivity index (χ0n) is 8.39. The Morgan fingerprint density at radius 1 is 1.21 bits per heavy atom. The van der Waals surface area contributed by atoms with Gasteiger partial charge in [0.1, 0.15) is 5.75 Å². The lowest BCUT2D eigenvalue weighted by Crippen LogP contribution is -2.14. The molecule has 1 atom stereocenters. The molecule has 0 aliphatic rings. The second-order valence-electron chi connectivity index (χ2n) is 2.80. The molecule has 0 radical (unpaired) electrons. The lowest BCUT2D eigenvalue weighted by atomic mass is 10.3. The zero-order valence-corrected chi connectivity index (χ0v) is 9.21. The molecule has 0 aromatic heterocycles. The van der Waals surface area contributed by atoms with Crippen LogP contribution in [0.15, 0.2) is 29.2 Å². The number of rotatable bonds is 4. The van der Waals surface area contributed by atoms with Gasteiger partial charge in [-0.05, 0) is 24.3 Å². The predicted molar refractivity (Wildman–Crippen MR) is 54.2 cm³/mol. The summed E-state index contributed by atoms with van der Waals surface area (Å²) < 4.78 is 21.4. The van der Waals surface area contributed by atoms with Gasteiger partial charge in [0.25, 0.3) is 0 Å². The Kier molecular flexibility index (Phi) is 4.06. The van der Waals surface area contributed by atoms with Crippen molar-refractivity contribution < 1.29 is 13.2 Å². The van der Waals surface area contributed by atoms with Crippen molar-refractivity contribution in [2.75, 3.05) is 21.2 Å². The molecule has 4 nitrogen and oxygen atoms in total. The average molecular weight is 215 g/mol. The van der Waals surface area contributed by atoms with Gasteiger partial charge in [-0.15, -0.1) is 0 Å². The molecular formula is C9H13NO3S. The molecule has 0 N–H and O–H groups in total. The Hall–Kier alpha value is -0.910. The summed E-state index contributed by atoms with van der Waals surface area (Å²) in [6, 6.07) is 6.90. The SMILES string of the molecule is COc1ccc(S(=O)ON(C)C)cc1. The number of hydrogen-bond acceptors (Lipinski definition) is 4. The Balaban J connectivity index is 2.71. The molecule has 0 fully saturated rings. The van der Waals surface area contributed by atoms with E-state index in [1.165, 1.54) is 5.06 Å². The van der Waals surface area contributed by atoms with Crippen LogP contribution < -0.4 is 4.74 Å². The number of ether oxygens (including phenoxy) is 1. The number of nitrogens with zero attached hydrogens (tertiary/aromatic N) is 1. The molecule has 5 heteroatoms. The van der Waals surface area contributed by atoms with Crippen LogP contribution in [0.4, 0.5) is 0 Å². The van der Waals surface area contributed by atoms with E-state index in [4.69, 9.17) is 9.02 Å². The molecule has 1 aromatic carbocycles. The van der Waals surface area contributed by atoms with Gasteiger partial charge in [-0.25, -0.2) is 4.21 Å². The maximum atomic E-state index is 11.5. The molecule has 0 aliphatic carbocycles. The average Bonchev–Trinajstić information content (AvgIpc) is 2.17. The van der Waals surface area contributed by atoms with Gasteiger partial charge >= 0.3 is 0 Å². The van der Waals surface area contributed by atoms with Gasteiger partial charge in [0.2, 0.25) is 11.1 Å². The van der Waals surface area contributed by atoms with Crippen LogP contribution in [0.5, 0.6) is 5.75 Å². The van der Waals surface area contributed by atoms with E-state index in [1.807, 2.05) is 0 Å². The first-order valence-electron chi connectivity index (χ1n) is 4.05. The third kappa shape index (κ3) is 3.10. The summed E-state index contributed by atoms with van der Waals surface area (Å²) in [7, 11) is 4.95. The minimum absolute atomic E-state index is 0.611. The maximum absolute atomic E-state index is 11.5. The molecule has 0 amide bonds. The van der Waals surface area contributed by atoms with Crippen molar-refractivity contribution in [1.82, 2.24) is 5.06 Å². The second-order valence-corrected chi connectivity index (χ2v) is 3.89. The third-order valence-electron chi connectivity index (χ3n) is 1.47. The van der Waals surface area contributed by atoms with E-state index >= 15 is 0 Å². The van der Waals surface area contributed by atoms with E-state index in [0.29, 0.717) is 4.90 Å². The van der Waals surface area contributed by atoms with Crippen LogP contribution in [-0.4, -0.2) is 30.5 Å². The van der Waals surface area contributed by atoms with Gasteiger partial charge in [-0.3, -0.25) is 0 Å². The smallest absolute Gasteiger partial charge is 0.206 e. The fraction of sp³-hybridized carbons (Fsp3) is 0.333. The van der Waals surface area contributed by atoms with Crippen LogP contribution in [0.25, 0.3) is 0 Å². The van der Waals surface area contributed by atoms with Gasteiger partial charge in [-0.2, -0.15) is 9.35 Å². The highest BCUT2D eigenvalue weighted by molar-refractivity contribution is 7.80. The fourth-order valence-corrected chi connectivity index (χ4v) is 1.58. The van der Waals surface area contributed by atoms with E-state index in [1.54, 1.807) is 45.5 Å². The van der Waals surface area contributed by atoms with Crippen molar-refractivity contribution in [3.05, 3.63) is 24.3 Å². The molecule has 1 aromatic rings. The van der Waals surface area contributed by atoms with Gasteiger partial charge < -0.3 is 4.74 Å². The van der Waals surface area contributed by atoms with Crippen LogP contribution in [0, 0.1) is 0 Å². The highest BCUT2D eigenvalue weighted by Gasteiger charge is 2.05. The van der Waals surface area contributed by atoms with Crippen LogP contribution in [0.3, 0.4) is 0 Å². The molecular weight excluding hydrogens is 202 g/mol. The lowest BCUT2D eigenvalue weighted by Gasteiger charge is -2.08. The van der Waals surface area contributed by atoms with Crippen molar-refractivity contribution in [3.63, 3.8) is 0 Å². The summed E-state index contributed by atoms with van der Waals surface area (Å²) >= 11 is -1.45. The Labute approximate surface area is 86.1 Å². The minimum Gasteiger partial charge on any atom is -0.497 e. The molecule has 0 bridgehead atoms. The number of benzene rings is 1. The predicted octanol–water partition coefficient (Wildman–Crippen LogP) is 1.21. The number of hydroxylamine groups is 2. The van der Waals surface area contributed by atoms with Crippen LogP contribution in [-0.2, 0) is 15.4 Å². The van der Waals surface area contributed by atoms with E-state index < -0.39 is 11.1 Å². The largest absolute Gasteiger partial charge is 0.497 e. The van der Waals surface area contributed by atoms with Crippen LogP contribution >= 0.6 is 0 Å². The first kappa shape index (κ1) is 11.2. The Morgan fingerprint density at radius 3 is 2.21 bits per heavy atom. The van der Waals surface area contributed by atoms with Gasteiger partial charge in [-0.1, -0.05) is 0 Å². The standard InChI is InChI=1S/C9H13NO3S/c1-10(2)13-14(11)9-6-4-8(12-3)5-7-9/h4-7H,1-3H3. The number of methoxy groups -OCH3 is 1. The third-order valence-corrected chi connectivity index (χ3v) is 2.56. The second kappa shape index (κ2) is 5.09. The molecule has 14 heavy (non-hydrogen) atoms. The Morgan fingerprint density at radius 2 is 1.79 bits per heavy atom. The molecule has 78 valence electrons. The monoisotopic (exact) mass is 215 g/mol. The molecule has 1 unspecified atom stereocenters. The summed E-state index contributed by atoms with van der Waals surface area (Å²) in [6.45, 7) is 0. The fourth-order valence-electron chi connectivity index (χ4n) is 0.865. The minimum atomic E-state index is -1.45. The van der Waals surface area contributed by atoms with Gasteiger partial charge in [0.05, 0.1) is 12.0 Å². The van der Waals surface area contributed by atoms with Crippen LogP contribution in [0.1, 0.15) is 0 Å². The summed E-state index contributed by atoms with van der Waals surface area (Å²) in [5.41, 5.74) is 0. The maximum Gasteiger partial charge on any atom is 0.206 e. The molecule has 0 saturated carbocycles. The summed E-state index contributed by atoms with van der Waals surface area (Å²) in [6.07, 6.45) is 0. The molecule has 0 aliphatic heterocycles. The summed E-state index contributed by atoms with van der Waals surface area (Å²) in [4.78, 5) is 0.611. The quantitative estimate of drug-likeness (QED) is 0.708. The zero-order chi connectivity index (χ0) is 10.6. The molecule has 1 rings (SSSR count). The van der Waals surface area contributed by atoms with Crippen molar-refractivity contribution in [1.29, 1.82) is 0 Å². The first-order valence-corrected chi connectivity index (χ1v) is 5.12. The summed E-state index contributed by atoms with van der Waals surface area (Å²) in [5.74, 6) is 0.732. The van der Waals surface area contributed by atoms with Crippen molar-refractivity contribution in [2.45, 2.75) is 4.90 Å². The van der Waals surface area contributed by atoms with Crippen molar-refractivity contribution in [2.24, 2.45) is 0 Å².